The maximum absolute atomic E-state index is 12.3. The zero-order valence-electron chi connectivity index (χ0n) is 18.6. The standard InChI is InChI=1S/C24H25F3N6O/c1-32-11-13-33(14-12-32)20-4-2-3-19(15-20)30-23-28-10-9-21(31-23)17-5-7-18(8-6-17)22(34)29-16-24(25,26)27/h2-10,15H,11-14,16H2,1H3,(H,29,34)(H,28,30,31). The number of amides is 1. The minimum Gasteiger partial charge on any atom is -0.369 e. The van der Waals surface area contributed by atoms with Crippen LogP contribution in [0.1, 0.15) is 10.4 Å². The Balaban J connectivity index is 1.43. The fraction of sp³-hybridized carbons (Fsp3) is 0.292. The van der Waals surface area contributed by atoms with Crippen molar-refractivity contribution in [2.24, 2.45) is 0 Å². The number of piperazine rings is 1. The molecular weight excluding hydrogens is 445 g/mol. The van der Waals surface area contributed by atoms with Gasteiger partial charge < -0.3 is 20.4 Å². The average molecular weight is 470 g/mol. The molecule has 0 spiro atoms. The Labute approximate surface area is 195 Å². The summed E-state index contributed by atoms with van der Waals surface area (Å²) in [6.07, 6.45) is -2.83. The molecule has 3 aromatic rings. The van der Waals surface area contributed by atoms with E-state index >= 15 is 0 Å². The second kappa shape index (κ2) is 10.1. The van der Waals surface area contributed by atoms with E-state index in [2.05, 4.69) is 44.3 Å². The van der Waals surface area contributed by atoms with E-state index in [0.29, 0.717) is 17.2 Å². The third kappa shape index (κ3) is 6.22. The molecular formula is C24H25F3N6O. The van der Waals surface area contributed by atoms with Crippen LogP contribution < -0.4 is 15.5 Å². The maximum atomic E-state index is 12.3. The lowest BCUT2D eigenvalue weighted by Crippen LogP contribution is -2.44. The maximum Gasteiger partial charge on any atom is 0.405 e. The second-order valence-electron chi connectivity index (χ2n) is 8.11. The van der Waals surface area contributed by atoms with Crippen LogP contribution in [0.15, 0.2) is 60.8 Å². The van der Waals surface area contributed by atoms with Crippen LogP contribution in [0.4, 0.5) is 30.5 Å². The second-order valence-corrected chi connectivity index (χ2v) is 8.11. The van der Waals surface area contributed by atoms with Gasteiger partial charge in [-0.05, 0) is 43.4 Å². The van der Waals surface area contributed by atoms with Crippen LogP contribution in [-0.4, -0.2) is 66.7 Å². The number of carbonyl (C=O) groups excluding carboxylic acids is 1. The van der Waals surface area contributed by atoms with Gasteiger partial charge in [-0.1, -0.05) is 18.2 Å². The van der Waals surface area contributed by atoms with Crippen LogP contribution in [0.5, 0.6) is 0 Å². The minimum absolute atomic E-state index is 0.140. The Morgan fingerprint density at radius 2 is 1.76 bits per heavy atom. The molecule has 2 N–H and O–H groups in total. The number of hydrogen-bond donors (Lipinski definition) is 2. The number of hydrogen-bond acceptors (Lipinski definition) is 6. The monoisotopic (exact) mass is 470 g/mol. The molecule has 7 nitrogen and oxygen atoms in total. The average Bonchev–Trinajstić information content (AvgIpc) is 2.83. The SMILES string of the molecule is CN1CCN(c2cccc(Nc3nccc(-c4ccc(C(=O)NCC(F)(F)F)cc4)n3)c2)CC1. The molecule has 0 atom stereocenters. The van der Waals surface area contributed by atoms with E-state index in [-0.39, 0.29) is 5.56 Å². The zero-order valence-corrected chi connectivity index (χ0v) is 18.6. The van der Waals surface area contributed by atoms with E-state index in [1.807, 2.05) is 17.4 Å². The first-order valence-electron chi connectivity index (χ1n) is 10.9. The number of carbonyl (C=O) groups is 1. The molecule has 2 heterocycles. The van der Waals surface area contributed by atoms with Gasteiger partial charge >= 0.3 is 6.18 Å². The Morgan fingerprint density at radius 3 is 2.47 bits per heavy atom. The number of alkyl halides is 3. The molecule has 4 rings (SSSR count). The summed E-state index contributed by atoms with van der Waals surface area (Å²) in [6.45, 7) is 2.61. The molecule has 0 unspecified atom stereocenters. The molecule has 178 valence electrons. The van der Waals surface area contributed by atoms with Gasteiger partial charge in [-0.15, -0.1) is 0 Å². The van der Waals surface area contributed by atoms with Crippen molar-refractivity contribution in [1.29, 1.82) is 0 Å². The number of halogens is 3. The fourth-order valence-corrected chi connectivity index (χ4v) is 3.63. The Hall–Kier alpha value is -3.66. The van der Waals surface area contributed by atoms with Gasteiger partial charge in [0.1, 0.15) is 6.54 Å². The van der Waals surface area contributed by atoms with Crippen molar-refractivity contribution in [2.75, 3.05) is 50.0 Å². The smallest absolute Gasteiger partial charge is 0.369 e. The summed E-state index contributed by atoms with van der Waals surface area (Å²) in [4.78, 5) is 25.4. The van der Waals surface area contributed by atoms with Gasteiger partial charge in [0, 0.05) is 54.9 Å². The summed E-state index contributed by atoms with van der Waals surface area (Å²) in [5, 5.41) is 5.09. The molecule has 34 heavy (non-hydrogen) atoms. The van der Waals surface area contributed by atoms with Crippen LogP contribution in [0.25, 0.3) is 11.3 Å². The number of benzene rings is 2. The van der Waals surface area contributed by atoms with Gasteiger partial charge in [0.25, 0.3) is 5.91 Å². The highest BCUT2D eigenvalue weighted by Gasteiger charge is 2.27. The van der Waals surface area contributed by atoms with Crippen molar-refractivity contribution < 1.29 is 18.0 Å². The van der Waals surface area contributed by atoms with Gasteiger partial charge in [0.15, 0.2) is 0 Å². The normalized spacial score (nSPS) is 14.6. The molecule has 1 fully saturated rings. The van der Waals surface area contributed by atoms with E-state index in [1.54, 1.807) is 24.4 Å². The van der Waals surface area contributed by atoms with Crippen molar-refractivity contribution in [3.05, 3.63) is 66.4 Å². The molecule has 1 aliphatic heterocycles. The molecule has 10 heteroatoms. The van der Waals surface area contributed by atoms with Crippen molar-refractivity contribution in [1.82, 2.24) is 20.2 Å². The number of nitrogens with one attached hydrogen (secondary N) is 2. The van der Waals surface area contributed by atoms with Crippen LogP contribution in [0, 0.1) is 0 Å². The lowest BCUT2D eigenvalue weighted by Gasteiger charge is -2.34. The highest BCUT2D eigenvalue weighted by molar-refractivity contribution is 5.94. The lowest BCUT2D eigenvalue weighted by molar-refractivity contribution is -0.123. The summed E-state index contributed by atoms with van der Waals surface area (Å²) in [5.41, 5.74) is 3.47. The molecule has 0 bridgehead atoms. The minimum atomic E-state index is -4.45. The molecule has 2 aromatic carbocycles. The van der Waals surface area contributed by atoms with Crippen LogP contribution in [0.2, 0.25) is 0 Å². The van der Waals surface area contributed by atoms with Crippen molar-refractivity contribution >= 4 is 23.2 Å². The number of aromatic nitrogens is 2. The summed E-state index contributed by atoms with van der Waals surface area (Å²) in [5.74, 6) is -0.367. The van der Waals surface area contributed by atoms with Gasteiger partial charge in [0.05, 0.1) is 5.69 Å². The van der Waals surface area contributed by atoms with E-state index in [4.69, 9.17) is 0 Å². The van der Waals surface area contributed by atoms with Crippen molar-refractivity contribution in [2.45, 2.75) is 6.18 Å². The van der Waals surface area contributed by atoms with Gasteiger partial charge in [-0.25, -0.2) is 9.97 Å². The van der Waals surface area contributed by atoms with Crippen LogP contribution in [0.3, 0.4) is 0 Å². The molecule has 1 aliphatic rings. The first-order chi connectivity index (χ1) is 16.3. The summed E-state index contributed by atoms with van der Waals surface area (Å²) in [6, 6.07) is 16.0. The summed E-state index contributed by atoms with van der Waals surface area (Å²) < 4.78 is 36.9. The molecule has 0 saturated carbocycles. The Morgan fingerprint density at radius 1 is 1.03 bits per heavy atom. The zero-order chi connectivity index (χ0) is 24.1. The van der Waals surface area contributed by atoms with E-state index in [1.165, 1.54) is 12.1 Å². The predicted octanol–water partition coefficient (Wildman–Crippen LogP) is 3.93. The molecule has 1 aromatic heterocycles. The number of anilines is 3. The van der Waals surface area contributed by atoms with E-state index in [0.717, 1.165) is 37.6 Å². The number of rotatable bonds is 6. The highest BCUT2D eigenvalue weighted by atomic mass is 19.4. The highest BCUT2D eigenvalue weighted by Crippen LogP contribution is 2.24. The number of nitrogens with zero attached hydrogens (tertiary/aromatic N) is 4. The third-order valence-corrected chi connectivity index (χ3v) is 5.52. The molecule has 1 saturated heterocycles. The first-order valence-corrected chi connectivity index (χ1v) is 10.9. The first kappa shape index (κ1) is 23.5. The van der Waals surface area contributed by atoms with Crippen LogP contribution in [-0.2, 0) is 0 Å². The predicted molar refractivity (Wildman–Crippen MR) is 125 cm³/mol. The molecule has 0 radical (unpaired) electrons. The van der Waals surface area contributed by atoms with Gasteiger partial charge in [-0.2, -0.15) is 13.2 Å². The van der Waals surface area contributed by atoms with Gasteiger partial charge in [-0.3, -0.25) is 4.79 Å². The van der Waals surface area contributed by atoms with Crippen LogP contribution >= 0.6 is 0 Å². The Bertz CT molecular complexity index is 1130. The van der Waals surface area contributed by atoms with E-state index in [9.17, 15) is 18.0 Å². The third-order valence-electron chi connectivity index (χ3n) is 5.52. The number of likely N-dealkylation sites (N-methyl/N-ethyl adjacent to an activating group) is 1. The summed E-state index contributed by atoms with van der Waals surface area (Å²) in [7, 11) is 2.12. The summed E-state index contributed by atoms with van der Waals surface area (Å²) >= 11 is 0. The quantitative estimate of drug-likeness (QED) is 0.569. The van der Waals surface area contributed by atoms with Gasteiger partial charge in [0.2, 0.25) is 5.95 Å². The molecule has 0 aliphatic carbocycles. The topological polar surface area (TPSA) is 73.4 Å². The van der Waals surface area contributed by atoms with Crippen molar-refractivity contribution in [3.63, 3.8) is 0 Å². The Kier molecular flexibility index (Phi) is 6.97. The van der Waals surface area contributed by atoms with E-state index < -0.39 is 18.6 Å². The van der Waals surface area contributed by atoms with Crippen molar-refractivity contribution in [3.8, 4) is 11.3 Å². The lowest BCUT2D eigenvalue weighted by atomic mass is 10.1. The molecule has 1 amide bonds. The largest absolute Gasteiger partial charge is 0.405 e. The fourth-order valence-electron chi connectivity index (χ4n) is 3.63.